The van der Waals surface area contributed by atoms with Crippen molar-refractivity contribution in [2.75, 3.05) is 7.11 Å². The maximum absolute atomic E-state index is 5.50. The highest BCUT2D eigenvalue weighted by molar-refractivity contribution is 7.98. The van der Waals surface area contributed by atoms with Crippen molar-refractivity contribution in [2.24, 2.45) is 0 Å². The Labute approximate surface area is 184 Å². The third-order valence-corrected chi connectivity index (χ3v) is 6.58. The van der Waals surface area contributed by atoms with Crippen LogP contribution in [0.15, 0.2) is 71.7 Å². The van der Waals surface area contributed by atoms with E-state index in [1.54, 1.807) is 30.2 Å². The van der Waals surface area contributed by atoms with Gasteiger partial charge in [-0.25, -0.2) is 4.98 Å². The van der Waals surface area contributed by atoms with Crippen molar-refractivity contribution in [2.45, 2.75) is 24.4 Å². The van der Waals surface area contributed by atoms with Crippen LogP contribution in [-0.4, -0.2) is 26.9 Å². The van der Waals surface area contributed by atoms with Gasteiger partial charge in [-0.2, -0.15) is 0 Å². The SMILES string of the molecule is C=CCn1c(SCc2csc(-c3ccccc3C)n2)nnc1-c1ccccc1OC. The molecule has 0 unspecified atom stereocenters. The molecule has 0 aliphatic heterocycles. The minimum Gasteiger partial charge on any atom is -0.496 e. The number of allylic oxidation sites excluding steroid dienone is 1. The molecule has 0 saturated heterocycles. The van der Waals surface area contributed by atoms with Crippen LogP contribution >= 0.6 is 23.1 Å². The van der Waals surface area contributed by atoms with Gasteiger partial charge in [0.15, 0.2) is 11.0 Å². The number of ether oxygens (including phenoxy) is 1. The smallest absolute Gasteiger partial charge is 0.192 e. The molecule has 0 bridgehead atoms. The van der Waals surface area contributed by atoms with Crippen LogP contribution in [0, 0.1) is 6.92 Å². The van der Waals surface area contributed by atoms with Gasteiger partial charge >= 0.3 is 0 Å². The number of para-hydroxylation sites is 1. The van der Waals surface area contributed by atoms with Gasteiger partial charge in [-0.1, -0.05) is 54.2 Å². The van der Waals surface area contributed by atoms with Crippen molar-refractivity contribution in [1.82, 2.24) is 19.7 Å². The second-order valence-electron chi connectivity index (χ2n) is 6.65. The summed E-state index contributed by atoms with van der Waals surface area (Å²) in [6.07, 6.45) is 1.85. The summed E-state index contributed by atoms with van der Waals surface area (Å²) < 4.78 is 7.56. The molecule has 0 atom stereocenters. The summed E-state index contributed by atoms with van der Waals surface area (Å²) in [5.74, 6) is 2.27. The van der Waals surface area contributed by atoms with E-state index in [0.717, 1.165) is 38.7 Å². The third-order valence-electron chi connectivity index (χ3n) is 4.65. The van der Waals surface area contributed by atoms with Crippen LogP contribution in [0.2, 0.25) is 0 Å². The average molecular weight is 435 g/mol. The molecule has 0 saturated carbocycles. The average Bonchev–Trinajstić information content (AvgIpc) is 3.40. The van der Waals surface area contributed by atoms with Gasteiger partial charge in [0, 0.05) is 23.2 Å². The highest BCUT2D eigenvalue weighted by Gasteiger charge is 2.17. The van der Waals surface area contributed by atoms with E-state index < -0.39 is 0 Å². The van der Waals surface area contributed by atoms with E-state index in [1.807, 2.05) is 30.3 Å². The fourth-order valence-electron chi connectivity index (χ4n) is 3.17. The standard InChI is InChI=1S/C23H22N4OS2/c1-4-13-27-21(19-11-7-8-12-20(19)28-3)25-26-23(27)30-15-17-14-29-22(24-17)18-10-6-5-9-16(18)2/h4-12,14H,1,13,15H2,2-3H3. The van der Waals surface area contributed by atoms with Crippen molar-refractivity contribution in [3.63, 3.8) is 0 Å². The molecule has 2 heterocycles. The summed E-state index contributed by atoms with van der Waals surface area (Å²) in [5.41, 5.74) is 4.37. The van der Waals surface area contributed by atoms with Crippen LogP contribution in [0.1, 0.15) is 11.3 Å². The Morgan fingerprint density at radius 1 is 1.10 bits per heavy atom. The first-order valence-corrected chi connectivity index (χ1v) is 11.4. The van der Waals surface area contributed by atoms with Gasteiger partial charge in [0.05, 0.1) is 18.4 Å². The van der Waals surface area contributed by atoms with Crippen LogP contribution in [0.4, 0.5) is 0 Å². The summed E-state index contributed by atoms with van der Waals surface area (Å²) >= 11 is 3.30. The van der Waals surface area contributed by atoms with Gasteiger partial charge in [-0.05, 0) is 24.6 Å². The maximum atomic E-state index is 5.50. The molecule has 0 N–H and O–H groups in total. The van der Waals surface area contributed by atoms with E-state index in [4.69, 9.17) is 9.72 Å². The highest BCUT2D eigenvalue weighted by atomic mass is 32.2. The van der Waals surface area contributed by atoms with E-state index >= 15 is 0 Å². The zero-order chi connectivity index (χ0) is 20.9. The van der Waals surface area contributed by atoms with Gasteiger partial charge < -0.3 is 4.74 Å². The Balaban J connectivity index is 1.57. The summed E-state index contributed by atoms with van der Waals surface area (Å²) in [6, 6.07) is 16.2. The number of aryl methyl sites for hydroxylation is 1. The molecule has 152 valence electrons. The highest BCUT2D eigenvalue weighted by Crippen LogP contribution is 2.33. The van der Waals surface area contributed by atoms with Gasteiger partial charge in [0.1, 0.15) is 10.8 Å². The van der Waals surface area contributed by atoms with Gasteiger partial charge in [0.25, 0.3) is 0 Å². The van der Waals surface area contributed by atoms with Crippen molar-refractivity contribution >= 4 is 23.1 Å². The molecule has 0 amide bonds. The van der Waals surface area contributed by atoms with Crippen molar-refractivity contribution in [3.05, 3.63) is 77.8 Å². The number of benzene rings is 2. The zero-order valence-corrected chi connectivity index (χ0v) is 18.5. The van der Waals surface area contributed by atoms with Gasteiger partial charge in [-0.3, -0.25) is 4.57 Å². The first-order valence-electron chi connectivity index (χ1n) is 9.52. The lowest BCUT2D eigenvalue weighted by Gasteiger charge is -2.10. The molecule has 0 radical (unpaired) electrons. The van der Waals surface area contributed by atoms with Crippen LogP contribution in [0.3, 0.4) is 0 Å². The van der Waals surface area contributed by atoms with Crippen LogP contribution in [0.5, 0.6) is 5.75 Å². The molecule has 7 heteroatoms. The second kappa shape index (κ2) is 9.28. The zero-order valence-electron chi connectivity index (χ0n) is 16.9. The molecule has 4 rings (SSSR count). The van der Waals surface area contributed by atoms with Gasteiger partial charge in [0.2, 0.25) is 0 Å². The molecule has 0 spiro atoms. The molecule has 0 fully saturated rings. The summed E-state index contributed by atoms with van der Waals surface area (Å²) in [6.45, 7) is 6.62. The largest absolute Gasteiger partial charge is 0.496 e. The lowest BCUT2D eigenvalue weighted by molar-refractivity contribution is 0.416. The monoisotopic (exact) mass is 434 g/mol. The van der Waals surface area contributed by atoms with Gasteiger partial charge in [-0.15, -0.1) is 28.1 Å². The molecular formula is C23H22N4OS2. The molecule has 5 nitrogen and oxygen atoms in total. The Morgan fingerprint density at radius 3 is 2.63 bits per heavy atom. The minimum absolute atomic E-state index is 0.619. The number of hydrogen-bond acceptors (Lipinski definition) is 6. The van der Waals surface area contributed by atoms with Crippen molar-refractivity contribution in [3.8, 4) is 27.7 Å². The van der Waals surface area contributed by atoms with Crippen LogP contribution in [0.25, 0.3) is 22.0 Å². The first kappa shape index (κ1) is 20.4. The lowest BCUT2D eigenvalue weighted by atomic mass is 10.1. The number of nitrogens with zero attached hydrogens (tertiary/aromatic N) is 4. The maximum Gasteiger partial charge on any atom is 0.192 e. The van der Waals surface area contributed by atoms with Crippen molar-refractivity contribution < 1.29 is 4.74 Å². The number of hydrogen-bond donors (Lipinski definition) is 0. The van der Waals surface area contributed by atoms with E-state index in [9.17, 15) is 0 Å². The predicted molar refractivity (Wildman–Crippen MR) is 124 cm³/mol. The van der Waals surface area contributed by atoms with E-state index in [1.165, 1.54) is 11.1 Å². The molecule has 2 aromatic carbocycles. The second-order valence-corrected chi connectivity index (χ2v) is 8.45. The Kier molecular flexibility index (Phi) is 6.30. The molecule has 4 aromatic rings. The quantitative estimate of drug-likeness (QED) is 0.257. The summed E-state index contributed by atoms with van der Waals surface area (Å²) in [4.78, 5) is 4.82. The fraction of sp³-hybridized carbons (Fsp3) is 0.174. The summed E-state index contributed by atoms with van der Waals surface area (Å²) in [5, 5.41) is 12.9. The number of rotatable bonds is 8. The molecular weight excluding hydrogens is 412 g/mol. The normalized spacial score (nSPS) is 10.9. The Morgan fingerprint density at radius 2 is 1.87 bits per heavy atom. The molecule has 2 aromatic heterocycles. The Hall–Kier alpha value is -2.90. The Bertz CT molecular complexity index is 1170. The summed E-state index contributed by atoms with van der Waals surface area (Å²) in [7, 11) is 1.66. The minimum atomic E-state index is 0.619. The molecule has 0 aliphatic carbocycles. The van der Waals surface area contributed by atoms with E-state index in [0.29, 0.717) is 6.54 Å². The number of thiazole rings is 1. The first-order chi connectivity index (χ1) is 14.7. The third kappa shape index (κ3) is 4.17. The fourth-order valence-corrected chi connectivity index (χ4v) is 5.02. The topological polar surface area (TPSA) is 52.8 Å². The predicted octanol–water partition coefficient (Wildman–Crippen LogP) is 5.86. The number of aromatic nitrogens is 4. The van der Waals surface area contributed by atoms with Crippen molar-refractivity contribution in [1.29, 1.82) is 0 Å². The van der Waals surface area contributed by atoms with Crippen LogP contribution in [-0.2, 0) is 12.3 Å². The molecule has 30 heavy (non-hydrogen) atoms. The molecule has 0 aliphatic rings. The number of thioether (sulfide) groups is 1. The lowest BCUT2D eigenvalue weighted by Crippen LogP contribution is -2.01. The number of methoxy groups -OCH3 is 1. The van der Waals surface area contributed by atoms with E-state index in [2.05, 4.69) is 57.9 Å². The van der Waals surface area contributed by atoms with Crippen LogP contribution < -0.4 is 4.74 Å². The van der Waals surface area contributed by atoms with E-state index in [-0.39, 0.29) is 0 Å².